The topological polar surface area (TPSA) is 37.8 Å². The first-order valence-electron chi connectivity index (χ1n) is 5.41. The number of aromatic nitrogens is 2. The fraction of sp³-hybridized carbons (Fsp3) is 0.333. The zero-order valence-electron chi connectivity index (χ0n) is 9.47. The lowest BCUT2D eigenvalue weighted by Gasteiger charge is -2.07. The molecule has 0 aliphatic carbocycles. The van der Waals surface area contributed by atoms with Crippen LogP contribution in [0.15, 0.2) is 30.3 Å². The third kappa shape index (κ3) is 2.28. The largest absolute Gasteiger partial charge is 0.311 e. The smallest absolute Gasteiger partial charge is 0.147 e. The Hall–Kier alpha value is -1.26. The Bertz CT molecular complexity index is 435. The van der Waals surface area contributed by atoms with Crippen LogP contribution >= 0.6 is 11.3 Å². The van der Waals surface area contributed by atoms with Crippen molar-refractivity contribution in [1.82, 2.24) is 15.5 Å². The Balaban J connectivity index is 2.26. The summed E-state index contributed by atoms with van der Waals surface area (Å²) in [5, 5.41) is 13.8. The van der Waals surface area contributed by atoms with Crippen molar-refractivity contribution in [2.24, 2.45) is 0 Å². The van der Waals surface area contributed by atoms with Crippen LogP contribution in [0.1, 0.15) is 24.4 Å². The molecule has 1 aromatic heterocycles. The van der Waals surface area contributed by atoms with E-state index in [2.05, 4.69) is 34.6 Å². The van der Waals surface area contributed by atoms with Gasteiger partial charge in [-0.1, -0.05) is 48.6 Å². The number of nitrogens with one attached hydrogen (secondary N) is 1. The van der Waals surface area contributed by atoms with E-state index in [4.69, 9.17) is 0 Å². The normalized spacial score (nSPS) is 12.6. The predicted octanol–water partition coefficient (Wildman–Crippen LogP) is 2.88. The van der Waals surface area contributed by atoms with Crippen LogP contribution < -0.4 is 5.32 Å². The Morgan fingerprint density at radius 1 is 1.25 bits per heavy atom. The summed E-state index contributed by atoms with van der Waals surface area (Å²) >= 11 is 1.66. The van der Waals surface area contributed by atoms with Crippen LogP contribution in [0.3, 0.4) is 0 Å². The first-order valence-corrected chi connectivity index (χ1v) is 6.23. The lowest BCUT2D eigenvalue weighted by atomic mass is 10.2. The zero-order chi connectivity index (χ0) is 11.4. The van der Waals surface area contributed by atoms with E-state index in [1.54, 1.807) is 11.3 Å². The molecule has 84 valence electrons. The van der Waals surface area contributed by atoms with Gasteiger partial charge in [-0.3, -0.25) is 0 Å². The van der Waals surface area contributed by atoms with Crippen molar-refractivity contribution >= 4 is 11.3 Å². The Morgan fingerprint density at radius 2 is 2.00 bits per heavy atom. The van der Waals surface area contributed by atoms with Crippen molar-refractivity contribution in [2.45, 2.75) is 19.4 Å². The number of hydrogen-bond acceptors (Lipinski definition) is 4. The monoisotopic (exact) mass is 233 g/mol. The van der Waals surface area contributed by atoms with Crippen molar-refractivity contribution < 1.29 is 0 Å². The molecular weight excluding hydrogens is 218 g/mol. The highest BCUT2D eigenvalue weighted by atomic mass is 32.1. The molecule has 1 atom stereocenters. The van der Waals surface area contributed by atoms with Gasteiger partial charge in [-0.2, -0.15) is 0 Å². The van der Waals surface area contributed by atoms with Crippen LogP contribution in [0.2, 0.25) is 0 Å². The molecule has 2 rings (SSSR count). The molecule has 0 spiro atoms. The second kappa shape index (κ2) is 5.18. The zero-order valence-corrected chi connectivity index (χ0v) is 10.3. The van der Waals surface area contributed by atoms with Gasteiger partial charge < -0.3 is 5.32 Å². The number of nitrogens with zero attached hydrogens (tertiary/aromatic N) is 2. The van der Waals surface area contributed by atoms with Gasteiger partial charge in [0.05, 0.1) is 6.04 Å². The summed E-state index contributed by atoms with van der Waals surface area (Å²) < 4.78 is 0. The quantitative estimate of drug-likeness (QED) is 0.882. The van der Waals surface area contributed by atoms with Gasteiger partial charge in [-0.15, -0.1) is 10.2 Å². The molecule has 1 unspecified atom stereocenters. The number of rotatable bonds is 4. The van der Waals surface area contributed by atoms with Crippen LogP contribution in [0.5, 0.6) is 0 Å². The Labute approximate surface area is 99.5 Å². The second-order valence-electron chi connectivity index (χ2n) is 3.56. The summed E-state index contributed by atoms with van der Waals surface area (Å²) in [5.74, 6) is 0. The maximum atomic E-state index is 4.24. The van der Waals surface area contributed by atoms with E-state index in [0.29, 0.717) is 6.04 Å². The minimum atomic E-state index is 0.315. The summed E-state index contributed by atoms with van der Waals surface area (Å²) in [6.45, 7) is 2.14. The van der Waals surface area contributed by atoms with Gasteiger partial charge in [0, 0.05) is 5.56 Å². The maximum absolute atomic E-state index is 4.24. The average Bonchev–Trinajstić information content (AvgIpc) is 2.81. The lowest BCUT2D eigenvalue weighted by Crippen LogP contribution is -2.14. The molecule has 0 saturated carbocycles. The molecule has 0 aliphatic rings. The van der Waals surface area contributed by atoms with Gasteiger partial charge >= 0.3 is 0 Å². The standard InChI is InChI=1S/C12H15N3S/c1-3-10(13-2)12-15-14-11(16-12)9-7-5-4-6-8-9/h4-8,10,13H,3H2,1-2H3. The van der Waals surface area contributed by atoms with Crippen molar-refractivity contribution in [3.63, 3.8) is 0 Å². The second-order valence-corrected chi connectivity index (χ2v) is 4.57. The molecule has 0 saturated heterocycles. The third-order valence-electron chi connectivity index (χ3n) is 2.52. The molecule has 0 fully saturated rings. The molecule has 0 radical (unpaired) electrons. The molecule has 1 heterocycles. The summed E-state index contributed by atoms with van der Waals surface area (Å²) in [4.78, 5) is 0. The summed E-state index contributed by atoms with van der Waals surface area (Å²) in [6, 6.07) is 10.5. The maximum Gasteiger partial charge on any atom is 0.147 e. The van der Waals surface area contributed by atoms with Crippen LogP contribution in [-0.4, -0.2) is 17.2 Å². The third-order valence-corrected chi connectivity index (χ3v) is 3.60. The van der Waals surface area contributed by atoms with Gasteiger partial charge in [0.15, 0.2) is 0 Å². The average molecular weight is 233 g/mol. The van der Waals surface area contributed by atoms with E-state index >= 15 is 0 Å². The van der Waals surface area contributed by atoms with Crippen LogP contribution in [0.4, 0.5) is 0 Å². The molecule has 0 amide bonds. The van der Waals surface area contributed by atoms with E-state index in [1.165, 1.54) is 0 Å². The van der Waals surface area contributed by atoms with Crippen molar-refractivity contribution in [3.8, 4) is 10.6 Å². The first-order chi connectivity index (χ1) is 7.85. The van der Waals surface area contributed by atoms with Crippen LogP contribution in [-0.2, 0) is 0 Å². The molecule has 1 aromatic carbocycles. The van der Waals surface area contributed by atoms with Gasteiger partial charge in [0.25, 0.3) is 0 Å². The minimum Gasteiger partial charge on any atom is -0.311 e. The van der Waals surface area contributed by atoms with Crippen molar-refractivity contribution in [2.75, 3.05) is 7.05 Å². The molecule has 16 heavy (non-hydrogen) atoms. The summed E-state index contributed by atoms with van der Waals surface area (Å²) in [7, 11) is 1.96. The van der Waals surface area contributed by atoms with E-state index < -0.39 is 0 Å². The number of benzene rings is 1. The fourth-order valence-corrected chi connectivity index (χ4v) is 2.62. The highest BCUT2D eigenvalue weighted by Gasteiger charge is 2.13. The minimum absolute atomic E-state index is 0.315. The summed E-state index contributed by atoms with van der Waals surface area (Å²) in [6.07, 6.45) is 1.03. The van der Waals surface area contributed by atoms with E-state index in [1.807, 2.05) is 25.2 Å². The predicted molar refractivity (Wildman–Crippen MR) is 67.4 cm³/mol. The highest BCUT2D eigenvalue weighted by molar-refractivity contribution is 7.14. The molecular formula is C12H15N3S. The number of hydrogen-bond donors (Lipinski definition) is 1. The lowest BCUT2D eigenvalue weighted by molar-refractivity contribution is 0.568. The van der Waals surface area contributed by atoms with E-state index in [-0.39, 0.29) is 0 Å². The van der Waals surface area contributed by atoms with E-state index in [0.717, 1.165) is 22.0 Å². The van der Waals surface area contributed by atoms with Crippen LogP contribution in [0, 0.1) is 0 Å². The highest BCUT2D eigenvalue weighted by Crippen LogP contribution is 2.27. The molecule has 4 heteroatoms. The van der Waals surface area contributed by atoms with Crippen LogP contribution in [0.25, 0.3) is 10.6 Å². The summed E-state index contributed by atoms with van der Waals surface area (Å²) in [5.41, 5.74) is 1.14. The fourth-order valence-electron chi connectivity index (χ4n) is 1.57. The van der Waals surface area contributed by atoms with Gasteiger partial charge in [0.2, 0.25) is 0 Å². The van der Waals surface area contributed by atoms with E-state index in [9.17, 15) is 0 Å². The molecule has 1 N–H and O–H groups in total. The molecule has 3 nitrogen and oxygen atoms in total. The molecule has 0 aliphatic heterocycles. The SMILES string of the molecule is CCC(NC)c1nnc(-c2ccccc2)s1. The molecule has 0 bridgehead atoms. The first kappa shape index (κ1) is 11.2. The van der Waals surface area contributed by atoms with Crippen molar-refractivity contribution in [3.05, 3.63) is 35.3 Å². The molecule has 2 aromatic rings. The Kier molecular flexibility index (Phi) is 3.64. The van der Waals surface area contributed by atoms with Gasteiger partial charge in [0.1, 0.15) is 10.0 Å². The van der Waals surface area contributed by atoms with Gasteiger partial charge in [-0.05, 0) is 13.5 Å². The van der Waals surface area contributed by atoms with Gasteiger partial charge in [-0.25, -0.2) is 0 Å². The Morgan fingerprint density at radius 3 is 2.62 bits per heavy atom. The van der Waals surface area contributed by atoms with Crippen molar-refractivity contribution in [1.29, 1.82) is 0 Å².